The molecule has 2 aromatic rings. The highest BCUT2D eigenvalue weighted by Crippen LogP contribution is 2.09. The minimum Gasteiger partial charge on any atom is -0.294 e. The molecule has 0 spiro atoms. The monoisotopic (exact) mass is 260 g/mol. The standard InChI is InChI=1S/C14H20N4O/c1-4-12-7-13(18(6-3)16-12)10-17-9-11(8-15-17)14(19)5-2/h7-9H,4-6,10H2,1-3H3. The predicted molar refractivity (Wildman–Crippen MR) is 73.2 cm³/mol. The fourth-order valence-electron chi connectivity index (χ4n) is 2.05. The summed E-state index contributed by atoms with van der Waals surface area (Å²) in [5.74, 6) is 0.129. The zero-order valence-electron chi connectivity index (χ0n) is 11.8. The highest BCUT2D eigenvalue weighted by Gasteiger charge is 2.09. The van der Waals surface area contributed by atoms with Gasteiger partial charge in [-0.1, -0.05) is 13.8 Å². The summed E-state index contributed by atoms with van der Waals surface area (Å²) in [5, 5.41) is 8.76. The number of ketones is 1. The van der Waals surface area contributed by atoms with Crippen molar-refractivity contribution in [3.05, 3.63) is 35.4 Å². The summed E-state index contributed by atoms with van der Waals surface area (Å²) in [4.78, 5) is 11.6. The van der Waals surface area contributed by atoms with E-state index in [2.05, 4.69) is 30.1 Å². The Bertz CT molecular complexity index is 568. The normalized spacial score (nSPS) is 10.9. The molecule has 0 fully saturated rings. The van der Waals surface area contributed by atoms with Crippen LogP contribution in [0.5, 0.6) is 0 Å². The molecule has 0 atom stereocenters. The van der Waals surface area contributed by atoms with Crippen molar-refractivity contribution < 1.29 is 4.79 Å². The fourth-order valence-corrected chi connectivity index (χ4v) is 2.05. The Balaban J connectivity index is 2.18. The average Bonchev–Trinajstić information content (AvgIpc) is 3.05. The molecular weight excluding hydrogens is 240 g/mol. The molecule has 2 aromatic heterocycles. The highest BCUT2D eigenvalue weighted by atomic mass is 16.1. The minimum atomic E-state index is 0.129. The molecule has 0 amide bonds. The Kier molecular flexibility index (Phi) is 4.14. The van der Waals surface area contributed by atoms with Gasteiger partial charge in [-0.25, -0.2) is 0 Å². The maximum absolute atomic E-state index is 11.6. The van der Waals surface area contributed by atoms with Gasteiger partial charge >= 0.3 is 0 Å². The van der Waals surface area contributed by atoms with Crippen LogP contribution in [0.3, 0.4) is 0 Å². The molecule has 0 unspecified atom stereocenters. The van der Waals surface area contributed by atoms with Crippen molar-refractivity contribution in [2.24, 2.45) is 0 Å². The van der Waals surface area contributed by atoms with E-state index in [9.17, 15) is 4.79 Å². The van der Waals surface area contributed by atoms with Crippen molar-refractivity contribution in [3.63, 3.8) is 0 Å². The van der Waals surface area contributed by atoms with Crippen LogP contribution in [-0.4, -0.2) is 25.3 Å². The van der Waals surface area contributed by atoms with Gasteiger partial charge in [-0.15, -0.1) is 0 Å². The third-order valence-corrected chi connectivity index (χ3v) is 3.18. The summed E-state index contributed by atoms with van der Waals surface area (Å²) in [6, 6.07) is 2.10. The van der Waals surface area contributed by atoms with Crippen LogP contribution in [0, 0.1) is 0 Å². The summed E-state index contributed by atoms with van der Waals surface area (Å²) >= 11 is 0. The van der Waals surface area contributed by atoms with E-state index in [1.807, 2.05) is 17.8 Å². The SMILES string of the molecule is CCC(=O)c1cnn(Cc2cc(CC)nn2CC)c1. The van der Waals surface area contributed by atoms with Crippen LogP contribution < -0.4 is 0 Å². The molecule has 102 valence electrons. The lowest BCUT2D eigenvalue weighted by molar-refractivity contribution is 0.0988. The van der Waals surface area contributed by atoms with E-state index in [1.165, 1.54) is 0 Å². The Hall–Kier alpha value is -1.91. The number of aryl methyl sites for hydroxylation is 2. The highest BCUT2D eigenvalue weighted by molar-refractivity contribution is 5.95. The molecule has 0 N–H and O–H groups in total. The Labute approximate surface area is 113 Å². The van der Waals surface area contributed by atoms with Gasteiger partial charge in [-0.3, -0.25) is 14.2 Å². The van der Waals surface area contributed by atoms with Gasteiger partial charge in [0.05, 0.1) is 29.7 Å². The summed E-state index contributed by atoms with van der Waals surface area (Å²) < 4.78 is 3.79. The molecule has 0 aliphatic rings. The molecule has 2 rings (SSSR count). The van der Waals surface area contributed by atoms with Crippen molar-refractivity contribution in [1.29, 1.82) is 0 Å². The lowest BCUT2D eigenvalue weighted by Gasteiger charge is -2.04. The number of carbonyl (C=O) groups excluding carboxylic acids is 1. The predicted octanol–water partition coefficient (Wildman–Crippen LogP) is 2.30. The molecule has 0 saturated heterocycles. The number of hydrogen-bond donors (Lipinski definition) is 0. The zero-order chi connectivity index (χ0) is 13.8. The molecule has 2 heterocycles. The number of rotatable bonds is 6. The molecule has 0 aliphatic heterocycles. The number of nitrogens with zero attached hydrogens (tertiary/aromatic N) is 4. The van der Waals surface area contributed by atoms with Gasteiger partial charge in [0, 0.05) is 19.2 Å². The summed E-state index contributed by atoms with van der Waals surface area (Å²) in [6.45, 7) is 7.53. The molecular formula is C14H20N4O. The van der Waals surface area contributed by atoms with E-state index in [1.54, 1.807) is 10.9 Å². The van der Waals surface area contributed by atoms with Gasteiger partial charge in [-0.2, -0.15) is 10.2 Å². The zero-order valence-corrected chi connectivity index (χ0v) is 11.8. The van der Waals surface area contributed by atoms with Gasteiger partial charge in [-0.05, 0) is 19.4 Å². The maximum atomic E-state index is 11.6. The summed E-state index contributed by atoms with van der Waals surface area (Å²) in [7, 11) is 0. The van der Waals surface area contributed by atoms with Crippen LogP contribution in [-0.2, 0) is 19.5 Å². The van der Waals surface area contributed by atoms with Gasteiger partial charge in [0.1, 0.15) is 0 Å². The molecule has 0 aliphatic carbocycles. The van der Waals surface area contributed by atoms with E-state index in [4.69, 9.17) is 0 Å². The van der Waals surface area contributed by atoms with Crippen LogP contribution in [0.25, 0.3) is 0 Å². The van der Waals surface area contributed by atoms with Gasteiger partial charge in [0.2, 0.25) is 0 Å². The van der Waals surface area contributed by atoms with Crippen molar-refractivity contribution in [2.75, 3.05) is 0 Å². The topological polar surface area (TPSA) is 52.7 Å². The van der Waals surface area contributed by atoms with Crippen molar-refractivity contribution in [1.82, 2.24) is 19.6 Å². The largest absolute Gasteiger partial charge is 0.294 e. The second-order valence-electron chi connectivity index (χ2n) is 4.50. The smallest absolute Gasteiger partial charge is 0.165 e. The average molecular weight is 260 g/mol. The molecule has 0 aromatic carbocycles. The van der Waals surface area contributed by atoms with Gasteiger partial charge in [0.25, 0.3) is 0 Å². The quantitative estimate of drug-likeness (QED) is 0.749. The second-order valence-corrected chi connectivity index (χ2v) is 4.50. The summed E-state index contributed by atoms with van der Waals surface area (Å²) in [5.41, 5.74) is 2.90. The van der Waals surface area contributed by atoms with Crippen LogP contribution in [0.2, 0.25) is 0 Å². The van der Waals surface area contributed by atoms with E-state index in [0.29, 0.717) is 18.5 Å². The minimum absolute atomic E-state index is 0.129. The van der Waals surface area contributed by atoms with Crippen LogP contribution in [0.15, 0.2) is 18.5 Å². The Morgan fingerprint density at radius 1 is 1.32 bits per heavy atom. The second kappa shape index (κ2) is 5.82. The lowest BCUT2D eigenvalue weighted by Crippen LogP contribution is -2.08. The first-order valence-electron chi connectivity index (χ1n) is 6.79. The number of carbonyl (C=O) groups is 1. The van der Waals surface area contributed by atoms with Crippen molar-refractivity contribution in [3.8, 4) is 0 Å². The molecule has 5 nitrogen and oxygen atoms in total. The summed E-state index contributed by atoms with van der Waals surface area (Å²) in [6.07, 6.45) is 4.89. The first-order valence-corrected chi connectivity index (χ1v) is 6.79. The van der Waals surface area contributed by atoms with E-state index in [-0.39, 0.29) is 5.78 Å². The van der Waals surface area contributed by atoms with Gasteiger partial charge in [0.15, 0.2) is 5.78 Å². The number of aromatic nitrogens is 4. The van der Waals surface area contributed by atoms with Crippen molar-refractivity contribution >= 4 is 5.78 Å². The molecule has 19 heavy (non-hydrogen) atoms. The maximum Gasteiger partial charge on any atom is 0.165 e. The fraction of sp³-hybridized carbons (Fsp3) is 0.500. The lowest BCUT2D eigenvalue weighted by atomic mass is 10.2. The van der Waals surface area contributed by atoms with Crippen LogP contribution in [0.4, 0.5) is 0 Å². The molecule has 0 saturated carbocycles. The van der Waals surface area contributed by atoms with E-state index >= 15 is 0 Å². The first-order chi connectivity index (χ1) is 9.17. The van der Waals surface area contributed by atoms with E-state index < -0.39 is 0 Å². The first kappa shape index (κ1) is 13.5. The third-order valence-electron chi connectivity index (χ3n) is 3.18. The van der Waals surface area contributed by atoms with Crippen molar-refractivity contribution in [2.45, 2.75) is 46.7 Å². The number of Topliss-reactive ketones (excluding diaryl/α,β-unsaturated/α-hetero) is 1. The van der Waals surface area contributed by atoms with Gasteiger partial charge < -0.3 is 0 Å². The number of hydrogen-bond acceptors (Lipinski definition) is 3. The van der Waals surface area contributed by atoms with Crippen LogP contribution in [0.1, 0.15) is 48.9 Å². The molecule has 0 radical (unpaired) electrons. The third kappa shape index (κ3) is 2.92. The van der Waals surface area contributed by atoms with E-state index in [0.717, 1.165) is 24.4 Å². The molecule has 5 heteroatoms. The Morgan fingerprint density at radius 2 is 2.11 bits per heavy atom. The molecule has 0 bridgehead atoms. The Morgan fingerprint density at radius 3 is 2.74 bits per heavy atom. The van der Waals surface area contributed by atoms with Crippen LogP contribution >= 0.6 is 0 Å².